The van der Waals surface area contributed by atoms with E-state index in [-0.39, 0.29) is 17.7 Å². The van der Waals surface area contributed by atoms with Gasteiger partial charge in [-0.2, -0.15) is 0 Å². The topological polar surface area (TPSA) is 68.0 Å². The molecule has 3 aromatic rings. The minimum atomic E-state index is -0.0783. The zero-order valence-corrected chi connectivity index (χ0v) is 12.8. The van der Waals surface area contributed by atoms with Gasteiger partial charge in [-0.05, 0) is 30.7 Å². The molecule has 0 fully saturated rings. The predicted molar refractivity (Wildman–Crippen MR) is 85.5 cm³/mol. The summed E-state index contributed by atoms with van der Waals surface area (Å²) < 4.78 is 5.57. The number of carbonyl (C=O) groups excluding carboxylic acids is 1. The molecule has 0 spiro atoms. The quantitative estimate of drug-likeness (QED) is 0.733. The largest absolute Gasteiger partial charge is 0.431 e. The monoisotopic (exact) mass is 313 g/mol. The molecule has 0 radical (unpaired) electrons. The van der Waals surface area contributed by atoms with Gasteiger partial charge in [-0.3, -0.25) is 9.78 Å². The van der Waals surface area contributed by atoms with Crippen molar-refractivity contribution in [3.8, 4) is 0 Å². The van der Waals surface area contributed by atoms with E-state index < -0.39 is 0 Å². The molecule has 0 saturated carbocycles. The van der Waals surface area contributed by atoms with Gasteiger partial charge >= 0.3 is 0 Å². The molecule has 22 heavy (non-hydrogen) atoms. The van der Waals surface area contributed by atoms with E-state index in [1.807, 2.05) is 43.3 Å². The molecule has 0 saturated heterocycles. The Kier molecular flexibility index (Phi) is 4.39. The number of nitrogens with one attached hydrogen (secondary N) is 1. The van der Waals surface area contributed by atoms with Crippen LogP contribution in [0.1, 0.15) is 18.5 Å². The lowest BCUT2D eigenvalue weighted by Crippen LogP contribution is -2.28. The van der Waals surface area contributed by atoms with Crippen molar-refractivity contribution in [1.82, 2.24) is 15.3 Å². The lowest BCUT2D eigenvalue weighted by atomic mass is 10.1. The third kappa shape index (κ3) is 3.46. The summed E-state index contributed by atoms with van der Waals surface area (Å²) in [5.74, 6) is 0.195. The number of oxazole rings is 1. The number of fused-ring (bicyclic) bond motifs is 1. The fourth-order valence-electron chi connectivity index (χ4n) is 2.04. The molecule has 0 aliphatic heterocycles. The van der Waals surface area contributed by atoms with Gasteiger partial charge in [0.25, 0.3) is 5.22 Å². The van der Waals surface area contributed by atoms with Gasteiger partial charge in [-0.25, -0.2) is 4.98 Å². The predicted octanol–water partition coefficient (Wildman–Crippen LogP) is 3.19. The summed E-state index contributed by atoms with van der Waals surface area (Å²) in [5.41, 5.74) is 2.51. The van der Waals surface area contributed by atoms with E-state index in [2.05, 4.69) is 15.3 Å². The van der Waals surface area contributed by atoms with Gasteiger partial charge in [-0.15, -0.1) is 0 Å². The smallest absolute Gasteiger partial charge is 0.257 e. The molecule has 112 valence electrons. The third-order valence-electron chi connectivity index (χ3n) is 3.16. The van der Waals surface area contributed by atoms with Crippen LogP contribution in [0.3, 0.4) is 0 Å². The molecule has 1 amide bonds. The van der Waals surface area contributed by atoms with Crippen LogP contribution < -0.4 is 5.32 Å². The van der Waals surface area contributed by atoms with E-state index in [9.17, 15) is 4.79 Å². The second-order valence-corrected chi connectivity index (χ2v) is 5.74. The highest BCUT2D eigenvalue weighted by Gasteiger charge is 2.12. The summed E-state index contributed by atoms with van der Waals surface area (Å²) in [4.78, 5) is 20.4. The van der Waals surface area contributed by atoms with Crippen LogP contribution in [0.2, 0.25) is 0 Å². The van der Waals surface area contributed by atoms with Crippen molar-refractivity contribution in [2.24, 2.45) is 0 Å². The number of nitrogens with zero attached hydrogens (tertiary/aromatic N) is 2. The summed E-state index contributed by atoms with van der Waals surface area (Å²) in [6, 6.07) is 11.2. The molecule has 6 heteroatoms. The highest BCUT2D eigenvalue weighted by Crippen LogP contribution is 2.23. The molecule has 2 aromatic heterocycles. The summed E-state index contributed by atoms with van der Waals surface area (Å²) >= 11 is 1.29. The van der Waals surface area contributed by atoms with Crippen LogP contribution in [-0.4, -0.2) is 21.6 Å². The number of pyridine rings is 1. The number of para-hydroxylation sites is 2. The Morgan fingerprint density at radius 2 is 2.18 bits per heavy atom. The highest BCUT2D eigenvalue weighted by molar-refractivity contribution is 7.99. The summed E-state index contributed by atoms with van der Waals surface area (Å²) in [6.45, 7) is 1.93. The Balaban J connectivity index is 1.56. The molecule has 1 unspecified atom stereocenters. The Hall–Kier alpha value is -2.34. The first-order valence-electron chi connectivity index (χ1n) is 6.90. The summed E-state index contributed by atoms with van der Waals surface area (Å²) in [5, 5.41) is 3.44. The normalized spacial score (nSPS) is 12.2. The number of rotatable bonds is 5. The molecule has 5 nitrogen and oxygen atoms in total. The minimum absolute atomic E-state index is 0.0661. The lowest BCUT2D eigenvalue weighted by Gasteiger charge is -2.13. The molecule has 1 atom stereocenters. The van der Waals surface area contributed by atoms with Crippen LogP contribution in [0, 0.1) is 0 Å². The average Bonchev–Trinajstić information content (AvgIpc) is 2.96. The SMILES string of the molecule is CC(NC(=O)CSc1nc2ccccc2o1)c1cccnc1. The van der Waals surface area contributed by atoms with Crippen molar-refractivity contribution in [3.05, 3.63) is 54.4 Å². The highest BCUT2D eigenvalue weighted by atomic mass is 32.2. The molecule has 0 bridgehead atoms. The number of benzene rings is 1. The van der Waals surface area contributed by atoms with Gasteiger partial charge in [0.1, 0.15) is 5.52 Å². The maximum Gasteiger partial charge on any atom is 0.257 e. The van der Waals surface area contributed by atoms with Gasteiger partial charge in [0.2, 0.25) is 5.91 Å². The van der Waals surface area contributed by atoms with E-state index in [1.54, 1.807) is 12.4 Å². The average molecular weight is 313 g/mol. The standard InChI is InChI=1S/C16H15N3O2S/c1-11(12-5-4-8-17-9-12)18-15(20)10-22-16-19-13-6-2-3-7-14(13)21-16/h2-9,11H,10H2,1H3,(H,18,20). The Morgan fingerprint density at radius 1 is 1.32 bits per heavy atom. The third-order valence-corrected chi connectivity index (χ3v) is 3.99. The number of hydrogen-bond acceptors (Lipinski definition) is 5. The Bertz CT molecular complexity index is 740. The van der Waals surface area contributed by atoms with Crippen molar-refractivity contribution >= 4 is 28.8 Å². The molecule has 0 aliphatic carbocycles. The van der Waals surface area contributed by atoms with Crippen LogP contribution in [0.25, 0.3) is 11.1 Å². The van der Waals surface area contributed by atoms with E-state index in [0.29, 0.717) is 5.22 Å². The maximum absolute atomic E-state index is 12.0. The fraction of sp³-hybridized carbons (Fsp3) is 0.188. The van der Waals surface area contributed by atoms with Gasteiger partial charge in [-0.1, -0.05) is 30.0 Å². The van der Waals surface area contributed by atoms with Crippen molar-refractivity contribution in [2.45, 2.75) is 18.2 Å². The summed E-state index contributed by atoms with van der Waals surface area (Å²) in [6.07, 6.45) is 3.46. The first-order chi connectivity index (χ1) is 10.7. The molecular formula is C16H15N3O2S. The zero-order valence-electron chi connectivity index (χ0n) is 12.0. The van der Waals surface area contributed by atoms with Gasteiger partial charge in [0.05, 0.1) is 11.8 Å². The zero-order chi connectivity index (χ0) is 15.4. The van der Waals surface area contributed by atoms with E-state index in [0.717, 1.165) is 16.7 Å². The fourth-order valence-corrected chi connectivity index (χ4v) is 2.69. The van der Waals surface area contributed by atoms with Crippen LogP contribution in [0.5, 0.6) is 0 Å². The minimum Gasteiger partial charge on any atom is -0.431 e. The number of carbonyl (C=O) groups is 1. The second kappa shape index (κ2) is 6.62. The summed E-state index contributed by atoms with van der Waals surface area (Å²) in [7, 11) is 0. The van der Waals surface area contributed by atoms with Crippen LogP contribution in [0.4, 0.5) is 0 Å². The first kappa shape index (κ1) is 14.6. The maximum atomic E-state index is 12.0. The van der Waals surface area contributed by atoms with Gasteiger partial charge < -0.3 is 9.73 Å². The molecule has 1 N–H and O–H groups in total. The number of hydrogen-bond donors (Lipinski definition) is 1. The van der Waals surface area contributed by atoms with Gasteiger partial charge in [0, 0.05) is 12.4 Å². The molecule has 3 rings (SSSR count). The van der Waals surface area contributed by atoms with E-state index in [4.69, 9.17) is 4.42 Å². The Morgan fingerprint density at radius 3 is 2.95 bits per heavy atom. The van der Waals surface area contributed by atoms with Crippen molar-refractivity contribution < 1.29 is 9.21 Å². The molecule has 2 heterocycles. The number of amides is 1. The Labute approximate surface area is 132 Å². The van der Waals surface area contributed by atoms with Crippen LogP contribution in [-0.2, 0) is 4.79 Å². The van der Waals surface area contributed by atoms with Gasteiger partial charge in [0.15, 0.2) is 5.58 Å². The number of thioether (sulfide) groups is 1. The molecular weight excluding hydrogens is 298 g/mol. The van der Waals surface area contributed by atoms with Crippen molar-refractivity contribution in [2.75, 3.05) is 5.75 Å². The molecule has 0 aliphatic rings. The van der Waals surface area contributed by atoms with Crippen molar-refractivity contribution in [3.63, 3.8) is 0 Å². The van der Waals surface area contributed by atoms with Crippen LogP contribution in [0.15, 0.2) is 58.4 Å². The van der Waals surface area contributed by atoms with Crippen molar-refractivity contribution in [1.29, 1.82) is 0 Å². The lowest BCUT2D eigenvalue weighted by molar-refractivity contribution is -0.119. The first-order valence-corrected chi connectivity index (χ1v) is 7.88. The molecule has 1 aromatic carbocycles. The number of aromatic nitrogens is 2. The van der Waals surface area contributed by atoms with E-state index in [1.165, 1.54) is 11.8 Å². The van der Waals surface area contributed by atoms with Crippen LogP contribution >= 0.6 is 11.8 Å². The van der Waals surface area contributed by atoms with E-state index >= 15 is 0 Å². The second-order valence-electron chi connectivity index (χ2n) is 4.81.